The van der Waals surface area contributed by atoms with E-state index in [9.17, 15) is 9.59 Å². The highest BCUT2D eigenvalue weighted by atomic mass is 35.5. The van der Waals surface area contributed by atoms with E-state index >= 15 is 0 Å². The number of aliphatic hydroxyl groups is 1. The molecule has 10 heteroatoms. The molecule has 2 aromatic carbocycles. The minimum atomic E-state index is -0.449. The van der Waals surface area contributed by atoms with Crippen LogP contribution in [0, 0.1) is 18.8 Å². The number of hydrogen-bond donors (Lipinski definition) is 4. The van der Waals surface area contributed by atoms with Crippen molar-refractivity contribution >= 4 is 35.0 Å². The Morgan fingerprint density at radius 1 is 1.12 bits per heavy atom. The Labute approximate surface area is 245 Å². The number of nitrogens with zero attached hydrogens (tertiary/aromatic N) is 3. The lowest BCUT2D eigenvalue weighted by Gasteiger charge is -2.21. The van der Waals surface area contributed by atoms with Crippen LogP contribution in [-0.2, 0) is 6.54 Å². The number of nitrogens with one attached hydrogen (secondary N) is 3. The maximum Gasteiger partial charge on any atom is 0.320 e. The molecule has 1 saturated heterocycles. The third-order valence-corrected chi connectivity index (χ3v) is 7.28. The summed E-state index contributed by atoms with van der Waals surface area (Å²) in [5.41, 5.74) is 4.47. The lowest BCUT2D eigenvalue weighted by molar-refractivity contribution is 0.102. The predicted octanol–water partition coefficient (Wildman–Crippen LogP) is 3.95. The lowest BCUT2D eigenvalue weighted by atomic mass is 10.0. The average Bonchev–Trinajstić information content (AvgIpc) is 3.43. The average molecular weight is 575 g/mol. The first-order valence-electron chi connectivity index (χ1n) is 13.4. The van der Waals surface area contributed by atoms with E-state index in [1.807, 2.05) is 25.1 Å². The molecule has 3 aromatic rings. The van der Waals surface area contributed by atoms with Gasteiger partial charge in [-0.2, -0.15) is 0 Å². The maximum atomic E-state index is 13.0. The first-order chi connectivity index (χ1) is 19.7. The largest absolute Gasteiger partial charge is 0.395 e. The molecule has 1 aliphatic rings. The molecule has 0 aliphatic carbocycles. The van der Waals surface area contributed by atoms with Crippen molar-refractivity contribution in [1.82, 2.24) is 20.1 Å². The van der Waals surface area contributed by atoms with E-state index in [4.69, 9.17) is 16.7 Å². The summed E-state index contributed by atoms with van der Waals surface area (Å²) in [4.78, 5) is 33.6. The van der Waals surface area contributed by atoms with Crippen molar-refractivity contribution in [3.8, 4) is 11.8 Å². The second-order valence-electron chi connectivity index (χ2n) is 10.2. The number of amides is 3. The molecule has 9 nitrogen and oxygen atoms in total. The van der Waals surface area contributed by atoms with Crippen LogP contribution >= 0.6 is 11.6 Å². The van der Waals surface area contributed by atoms with Crippen LogP contribution in [0.1, 0.15) is 39.0 Å². The van der Waals surface area contributed by atoms with Crippen LogP contribution in [0.25, 0.3) is 0 Å². The summed E-state index contributed by atoms with van der Waals surface area (Å²) in [6.07, 6.45) is 2.70. The molecule has 0 radical (unpaired) electrons. The van der Waals surface area contributed by atoms with Crippen LogP contribution in [0.4, 0.5) is 16.3 Å². The molecule has 0 unspecified atom stereocenters. The maximum absolute atomic E-state index is 13.0. The highest BCUT2D eigenvalue weighted by molar-refractivity contribution is 6.31. The summed E-state index contributed by atoms with van der Waals surface area (Å²) in [5.74, 6) is 6.28. The summed E-state index contributed by atoms with van der Waals surface area (Å²) >= 11 is 6.59. The molecular formula is C31H35ClN6O3. The number of likely N-dealkylation sites (tertiary alicyclic amines) is 1. The molecule has 0 saturated carbocycles. The minimum Gasteiger partial charge on any atom is -0.395 e. The summed E-state index contributed by atoms with van der Waals surface area (Å²) < 4.78 is 0. The second-order valence-corrected chi connectivity index (χ2v) is 10.6. The first kappa shape index (κ1) is 30.0. The van der Waals surface area contributed by atoms with Gasteiger partial charge in [0.05, 0.1) is 6.61 Å². The van der Waals surface area contributed by atoms with Crippen molar-refractivity contribution < 1.29 is 14.7 Å². The van der Waals surface area contributed by atoms with E-state index in [1.54, 1.807) is 36.5 Å². The van der Waals surface area contributed by atoms with E-state index in [2.05, 4.69) is 56.7 Å². The zero-order valence-corrected chi connectivity index (χ0v) is 24.3. The van der Waals surface area contributed by atoms with Crippen LogP contribution in [-0.4, -0.2) is 78.2 Å². The summed E-state index contributed by atoms with van der Waals surface area (Å²) in [5, 5.41) is 17.4. The third-order valence-electron chi connectivity index (χ3n) is 6.93. The Morgan fingerprint density at radius 3 is 2.63 bits per heavy atom. The number of anilines is 2. The van der Waals surface area contributed by atoms with Crippen molar-refractivity contribution in [2.24, 2.45) is 0 Å². The number of rotatable bonds is 8. The van der Waals surface area contributed by atoms with Gasteiger partial charge in [0, 0.05) is 65.8 Å². The molecule has 3 amide bonds. The number of urea groups is 1. The van der Waals surface area contributed by atoms with Gasteiger partial charge in [-0.25, -0.2) is 9.78 Å². The van der Waals surface area contributed by atoms with Crippen LogP contribution < -0.4 is 16.0 Å². The van der Waals surface area contributed by atoms with Gasteiger partial charge < -0.3 is 20.6 Å². The lowest BCUT2D eigenvalue weighted by Crippen LogP contribution is -2.31. The molecule has 1 aromatic heterocycles. The Kier molecular flexibility index (Phi) is 10.3. The highest BCUT2D eigenvalue weighted by Crippen LogP contribution is 2.25. The summed E-state index contributed by atoms with van der Waals surface area (Å²) in [6, 6.07) is 14.5. The van der Waals surface area contributed by atoms with Gasteiger partial charge in [-0.3, -0.25) is 15.0 Å². The van der Waals surface area contributed by atoms with Crippen LogP contribution in [0.2, 0.25) is 5.02 Å². The van der Waals surface area contributed by atoms with E-state index in [0.29, 0.717) is 33.7 Å². The SMILES string of the molecule is Cc1ccc(C(=O)Nc2ccc(CN3CC[C@@H](N(C)C)C3)c(Cl)c2)cc1C#Cc1ccc(NC(=O)NCCO)nc1. The van der Waals surface area contributed by atoms with Crippen LogP contribution in [0.5, 0.6) is 0 Å². The van der Waals surface area contributed by atoms with Gasteiger partial charge in [-0.1, -0.05) is 35.6 Å². The van der Waals surface area contributed by atoms with Gasteiger partial charge >= 0.3 is 6.03 Å². The number of hydrogen-bond acceptors (Lipinski definition) is 6. The number of pyridine rings is 1. The molecule has 214 valence electrons. The number of aromatic nitrogens is 1. The smallest absolute Gasteiger partial charge is 0.320 e. The standard InChI is InChI=1S/C31H35ClN6O3/c1-21-4-7-24(16-23(21)8-5-22-6-11-29(34-18-22)36-31(41)33-13-15-39)30(40)35-26-10-9-25(28(32)17-26)19-38-14-12-27(20-38)37(2)3/h4,6-7,9-11,16-18,27,39H,12-15,19-20H2,1-3H3,(H,35,40)(H2,33,34,36,41)/t27-/m1/s1. The molecule has 0 bridgehead atoms. The quantitative estimate of drug-likeness (QED) is 0.303. The zero-order valence-electron chi connectivity index (χ0n) is 23.5. The van der Waals surface area contributed by atoms with Crippen molar-refractivity contribution in [2.45, 2.75) is 25.9 Å². The van der Waals surface area contributed by atoms with Gasteiger partial charge in [0.15, 0.2) is 0 Å². The third kappa shape index (κ3) is 8.52. The fraction of sp³-hybridized carbons (Fsp3) is 0.323. The van der Waals surface area contributed by atoms with E-state index in [0.717, 1.165) is 42.7 Å². The minimum absolute atomic E-state index is 0.143. The molecule has 1 fully saturated rings. The fourth-order valence-corrected chi connectivity index (χ4v) is 4.72. The van der Waals surface area contributed by atoms with Gasteiger partial charge in [0.2, 0.25) is 0 Å². The molecule has 2 heterocycles. The normalized spacial score (nSPS) is 14.8. The number of carbonyl (C=O) groups excluding carboxylic acids is 2. The number of likely N-dealkylation sites (N-methyl/N-ethyl adjacent to an activating group) is 1. The van der Waals surface area contributed by atoms with Crippen molar-refractivity contribution in [3.63, 3.8) is 0 Å². The van der Waals surface area contributed by atoms with Gasteiger partial charge in [-0.15, -0.1) is 0 Å². The van der Waals surface area contributed by atoms with E-state index < -0.39 is 6.03 Å². The molecule has 1 atom stereocenters. The molecule has 41 heavy (non-hydrogen) atoms. The number of benzene rings is 2. The monoisotopic (exact) mass is 574 g/mol. The Balaban J connectivity index is 1.38. The van der Waals surface area contributed by atoms with Gasteiger partial charge in [0.1, 0.15) is 5.82 Å². The topological polar surface area (TPSA) is 110 Å². The molecular weight excluding hydrogens is 540 g/mol. The summed E-state index contributed by atoms with van der Waals surface area (Å²) in [7, 11) is 4.23. The van der Waals surface area contributed by atoms with Crippen molar-refractivity contribution in [1.29, 1.82) is 0 Å². The Hall–Kier alpha value is -3.94. The Bertz CT molecular complexity index is 1450. The number of aliphatic hydroxyl groups excluding tert-OH is 1. The number of aryl methyl sites for hydroxylation is 1. The molecule has 0 spiro atoms. The molecule has 1 aliphatic heterocycles. The summed E-state index contributed by atoms with van der Waals surface area (Å²) in [6.45, 7) is 4.79. The van der Waals surface area contributed by atoms with Crippen molar-refractivity contribution in [2.75, 3.05) is 51.0 Å². The van der Waals surface area contributed by atoms with Crippen molar-refractivity contribution in [3.05, 3.63) is 87.6 Å². The predicted molar refractivity (Wildman–Crippen MR) is 162 cm³/mol. The molecule has 4 N–H and O–H groups in total. The molecule has 4 rings (SSSR count). The Morgan fingerprint density at radius 2 is 1.95 bits per heavy atom. The second kappa shape index (κ2) is 14.1. The first-order valence-corrected chi connectivity index (χ1v) is 13.8. The fourth-order valence-electron chi connectivity index (χ4n) is 4.48. The van der Waals surface area contributed by atoms with Gasteiger partial charge in [0.25, 0.3) is 5.91 Å². The van der Waals surface area contributed by atoms with Crippen LogP contribution in [0.3, 0.4) is 0 Å². The zero-order chi connectivity index (χ0) is 29.4. The highest BCUT2D eigenvalue weighted by Gasteiger charge is 2.24. The van der Waals surface area contributed by atoms with Crippen LogP contribution in [0.15, 0.2) is 54.7 Å². The van der Waals surface area contributed by atoms with E-state index in [1.165, 1.54) is 0 Å². The number of carbonyl (C=O) groups is 2. The number of halogens is 1. The van der Waals surface area contributed by atoms with Gasteiger partial charge in [-0.05, 0) is 75.0 Å². The van der Waals surface area contributed by atoms with E-state index in [-0.39, 0.29) is 19.1 Å².